The molecule has 16 heavy (non-hydrogen) atoms. The molecular formula is C12H10BrNOS. The van der Waals surface area contributed by atoms with Crippen molar-refractivity contribution in [1.82, 2.24) is 4.98 Å². The standard InChI is InChI=1S/C12H10BrNOS/c1-8-3-2-4-14-10(8)6-11(15)9-5-12(13)16-7-9/h2-5,7H,6H2,1H3. The fourth-order valence-electron chi connectivity index (χ4n) is 1.41. The van der Waals surface area contributed by atoms with Crippen LogP contribution in [0.2, 0.25) is 0 Å². The van der Waals surface area contributed by atoms with Crippen molar-refractivity contribution in [2.45, 2.75) is 13.3 Å². The van der Waals surface area contributed by atoms with Crippen molar-refractivity contribution in [2.24, 2.45) is 0 Å². The van der Waals surface area contributed by atoms with Gasteiger partial charge in [-0.2, -0.15) is 0 Å². The van der Waals surface area contributed by atoms with Crippen LogP contribution in [0.3, 0.4) is 0 Å². The Morgan fingerprint density at radius 1 is 1.56 bits per heavy atom. The molecule has 2 aromatic heterocycles. The molecule has 0 N–H and O–H groups in total. The topological polar surface area (TPSA) is 30.0 Å². The number of rotatable bonds is 3. The van der Waals surface area contributed by atoms with Crippen molar-refractivity contribution >= 4 is 33.0 Å². The van der Waals surface area contributed by atoms with Gasteiger partial charge in [0.05, 0.1) is 15.9 Å². The first kappa shape index (κ1) is 11.5. The number of halogens is 1. The molecule has 2 heterocycles. The van der Waals surface area contributed by atoms with Crippen LogP contribution in [0.15, 0.2) is 33.6 Å². The van der Waals surface area contributed by atoms with Crippen LogP contribution in [0.25, 0.3) is 0 Å². The van der Waals surface area contributed by atoms with Crippen LogP contribution in [-0.4, -0.2) is 10.8 Å². The molecule has 82 valence electrons. The summed E-state index contributed by atoms with van der Waals surface area (Å²) in [6.07, 6.45) is 2.09. The van der Waals surface area contributed by atoms with Gasteiger partial charge in [0.2, 0.25) is 0 Å². The number of aryl methyl sites for hydroxylation is 1. The Hall–Kier alpha value is -1.00. The Labute approximate surface area is 106 Å². The van der Waals surface area contributed by atoms with Gasteiger partial charge in [-0.1, -0.05) is 6.07 Å². The molecule has 0 aliphatic carbocycles. The number of pyridine rings is 1. The number of ketones is 1. The molecule has 0 spiro atoms. The van der Waals surface area contributed by atoms with Crippen molar-refractivity contribution < 1.29 is 4.79 Å². The average molecular weight is 296 g/mol. The summed E-state index contributed by atoms with van der Waals surface area (Å²) in [4.78, 5) is 16.1. The van der Waals surface area contributed by atoms with Gasteiger partial charge in [0.25, 0.3) is 0 Å². The van der Waals surface area contributed by atoms with Gasteiger partial charge >= 0.3 is 0 Å². The quantitative estimate of drug-likeness (QED) is 0.809. The SMILES string of the molecule is Cc1cccnc1CC(=O)c1csc(Br)c1. The summed E-state index contributed by atoms with van der Waals surface area (Å²) in [7, 11) is 0. The third kappa shape index (κ3) is 2.57. The number of thiophene rings is 1. The van der Waals surface area contributed by atoms with Gasteiger partial charge in [-0.15, -0.1) is 11.3 Å². The third-order valence-electron chi connectivity index (χ3n) is 2.34. The molecule has 0 bridgehead atoms. The Morgan fingerprint density at radius 3 is 3.00 bits per heavy atom. The van der Waals surface area contributed by atoms with E-state index >= 15 is 0 Å². The number of nitrogens with zero attached hydrogens (tertiary/aromatic N) is 1. The summed E-state index contributed by atoms with van der Waals surface area (Å²) >= 11 is 4.87. The summed E-state index contributed by atoms with van der Waals surface area (Å²) in [5, 5.41) is 1.87. The third-order valence-corrected chi connectivity index (χ3v) is 3.84. The Bertz CT molecular complexity index is 521. The van der Waals surface area contributed by atoms with E-state index < -0.39 is 0 Å². The molecule has 2 aromatic rings. The van der Waals surface area contributed by atoms with Crippen LogP contribution in [-0.2, 0) is 6.42 Å². The van der Waals surface area contributed by atoms with Gasteiger partial charge in [0, 0.05) is 17.1 Å². The van der Waals surface area contributed by atoms with Gasteiger partial charge in [0.1, 0.15) is 0 Å². The van der Waals surface area contributed by atoms with E-state index in [0.29, 0.717) is 6.42 Å². The minimum absolute atomic E-state index is 0.115. The second-order valence-electron chi connectivity index (χ2n) is 3.51. The molecule has 0 saturated carbocycles. The monoisotopic (exact) mass is 295 g/mol. The first-order valence-corrected chi connectivity index (χ1v) is 6.52. The van der Waals surface area contributed by atoms with Gasteiger partial charge in [-0.05, 0) is 40.5 Å². The summed E-state index contributed by atoms with van der Waals surface area (Å²) in [5.41, 5.74) is 2.67. The van der Waals surface area contributed by atoms with Crippen LogP contribution in [0.4, 0.5) is 0 Å². The second kappa shape index (κ2) is 4.89. The largest absolute Gasteiger partial charge is 0.294 e. The minimum atomic E-state index is 0.115. The summed E-state index contributed by atoms with van der Waals surface area (Å²) < 4.78 is 0.980. The van der Waals surface area contributed by atoms with E-state index in [1.165, 1.54) is 11.3 Å². The predicted octanol–water partition coefficient (Wildman–Crippen LogP) is 3.64. The van der Waals surface area contributed by atoms with Gasteiger partial charge in [-0.3, -0.25) is 9.78 Å². The van der Waals surface area contributed by atoms with Crippen molar-refractivity contribution in [2.75, 3.05) is 0 Å². The molecule has 0 unspecified atom stereocenters. The molecule has 0 aliphatic rings. The minimum Gasteiger partial charge on any atom is -0.294 e. The summed E-state index contributed by atoms with van der Waals surface area (Å²) in [6.45, 7) is 1.97. The van der Waals surface area contributed by atoms with Crippen LogP contribution in [0.5, 0.6) is 0 Å². The normalized spacial score (nSPS) is 10.4. The number of hydrogen-bond acceptors (Lipinski definition) is 3. The van der Waals surface area contributed by atoms with E-state index in [2.05, 4.69) is 20.9 Å². The second-order valence-corrected chi connectivity index (χ2v) is 5.80. The fourth-order valence-corrected chi connectivity index (χ4v) is 2.57. The molecule has 2 nitrogen and oxygen atoms in total. The molecule has 0 amide bonds. The van der Waals surface area contributed by atoms with E-state index in [0.717, 1.165) is 20.6 Å². The highest BCUT2D eigenvalue weighted by Gasteiger charge is 2.11. The fraction of sp³-hybridized carbons (Fsp3) is 0.167. The lowest BCUT2D eigenvalue weighted by atomic mass is 10.1. The van der Waals surface area contributed by atoms with Crippen LogP contribution >= 0.6 is 27.3 Å². The molecule has 0 aliphatic heterocycles. The maximum Gasteiger partial charge on any atom is 0.169 e. The van der Waals surface area contributed by atoms with Crippen molar-refractivity contribution in [1.29, 1.82) is 0 Å². The Balaban J connectivity index is 2.17. The zero-order chi connectivity index (χ0) is 11.5. The lowest BCUT2D eigenvalue weighted by Crippen LogP contribution is -2.05. The summed E-state index contributed by atoms with van der Waals surface area (Å²) in [6, 6.07) is 5.70. The predicted molar refractivity (Wildman–Crippen MR) is 69.0 cm³/mol. The molecule has 4 heteroatoms. The summed E-state index contributed by atoms with van der Waals surface area (Å²) in [5.74, 6) is 0.115. The Morgan fingerprint density at radius 2 is 2.38 bits per heavy atom. The zero-order valence-corrected chi connectivity index (χ0v) is 11.1. The molecule has 0 atom stereocenters. The number of carbonyl (C=O) groups excluding carboxylic acids is 1. The van der Waals surface area contributed by atoms with E-state index in [1.54, 1.807) is 6.20 Å². The number of carbonyl (C=O) groups is 1. The maximum atomic E-state index is 11.9. The van der Waals surface area contributed by atoms with Crippen molar-refractivity contribution in [3.05, 3.63) is 50.4 Å². The zero-order valence-electron chi connectivity index (χ0n) is 8.74. The van der Waals surface area contributed by atoms with Crippen molar-refractivity contribution in [3.8, 4) is 0 Å². The molecule has 0 radical (unpaired) electrons. The molecule has 0 saturated heterocycles. The van der Waals surface area contributed by atoms with E-state index in [4.69, 9.17) is 0 Å². The lowest BCUT2D eigenvalue weighted by Gasteiger charge is -2.01. The molecular weight excluding hydrogens is 286 g/mol. The number of aromatic nitrogens is 1. The average Bonchev–Trinajstić information content (AvgIpc) is 2.68. The van der Waals surface area contributed by atoms with Gasteiger partial charge < -0.3 is 0 Å². The first-order chi connectivity index (χ1) is 7.66. The molecule has 2 rings (SSSR count). The van der Waals surface area contributed by atoms with Gasteiger partial charge in [-0.25, -0.2) is 0 Å². The maximum absolute atomic E-state index is 11.9. The van der Waals surface area contributed by atoms with Gasteiger partial charge in [0.15, 0.2) is 5.78 Å². The molecule has 0 fully saturated rings. The first-order valence-electron chi connectivity index (χ1n) is 4.84. The van der Waals surface area contributed by atoms with E-state index in [9.17, 15) is 4.79 Å². The highest BCUT2D eigenvalue weighted by atomic mass is 79.9. The molecule has 0 aromatic carbocycles. The lowest BCUT2D eigenvalue weighted by molar-refractivity contribution is 0.0992. The van der Waals surface area contributed by atoms with Crippen LogP contribution < -0.4 is 0 Å². The van der Waals surface area contributed by atoms with Crippen LogP contribution in [0, 0.1) is 6.92 Å². The van der Waals surface area contributed by atoms with E-state index in [1.807, 2.05) is 30.5 Å². The van der Waals surface area contributed by atoms with Crippen LogP contribution in [0.1, 0.15) is 21.6 Å². The van der Waals surface area contributed by atoms with E-state index in [-0.39, 0.29) is 5.78 Å². The Kier molecular flexibility index (Phi) is 3.51. The van der Waals surface area contributed by atoms with Crippen molar-refractivity contribution in [3.63, 3.8) is 0 Å². The number of Topliss-reactive ketones (excluding diaryl/α,β-unsaturated/α-hetero) is 1. The highest BCUT2D eigenvalue weighted by Crippen LogP contribution is 2.22. The number of hydrogen-bond donors (Lipinski definition) is 0. The highest BCUT2D eigenvalue weighted by molar-refractivity contribution is 9.11. The smallest absolute Gasteiger partial charge is 0.169 e.